The molecule has 2 bridgehead atoms. The number of likely N-dealkylation sites (tertiary alicyclic amines) is 1. The summed E-state index contributed by atoms with van der Waals surface area (Å²) in [6.07, 6.45) is 8.28. The van der Waals surface area contributed by atoms with E-state index in [-0.39, 0.29) is 25.0 Å². The van der Waals surface area contributed by atoms with Gasteiger partial charge in [0.05, 0.1) is 36.9 Å². The predicted molar refractivity (Wildman–Crippen MR) is 202 cm³/mol. The fourth-order valence-electron chi connectivity index (χ4n) is 8.30. The van der Waals surface area contributed by atoms with Crippen molar-refractivity contribution < 1.29 is 29.0 Å². The van der Waals surface area contributed by atoms with Crippen LogP contribution in [0.5, 0.6) is 5.75 Å². The van der Waals surface area contributed by atoms with Gasteiger partial charge in [0.25, 0.3) is 0 Å². The number of imide groups is 1. The molecule has 1 saturated heterocycles. The third kappa shape index (κ3) is 6.02. The van der Waals surface area contributed by atoms with Gasteiger partial charge in [-0.25, -0.2) is 4.79 Å². The van der Waals surface area contributed by atoms with E-state index in [4.69, 9.17) is 14.5 Å². The van der Waals surface area contributed by atoms with E-state index in [0.717, 1.165) is 22.3 Å². The first-order chi connectivity index (χ1) is 26.4. The van der Waals surface area contributed by atoms with Gasteiger partial charge in [-0.3, -0.25) is 24.5 Å². The summed E-state index contributed by atoms with van der Waals surface area (Å²) in [6.45, 7) is -0.248. The Balaban J connectivity index is 1.17. The van der Waals surface area contributed by atoms with Gasteiger partial charge in [-0.1, -0.05) is 91.0 Å². The fraction of sp³-hybridized carbons (Fsp3) is 0.178. The predicted octanol–water partition coefficient (Wildman–Crippen LogP) is 6.27. The number of allylic oxidation sites excluding steroid dienone is 2. The number of aromatic nitrogens is 2. The first kappa shape index (κ1) is 34.6. The van der Waals surface area contributed by atoms with E-state index in [2.05, 4.69) is 4.98 Å². The number of pyridine rings is 2. The molecule has 1 aliphatic heterocycles. The smallest absolute Gasteiger partial charge is 0.330 e. The lowest BCUT2D eigenvalue weighted by atomic mass is 9.71. The molecule has 3 heterocycles. The Morgan fingerprint density at radius 1 is 0.815 bits per heavy atom. The van der Waals surface area contributed by atoms with Crippen molar-refractivity contribution >= 4 is 29.4 Å². The van der Waals surface area contributed by atoms with Crippen LogP contribution in [0.25, 0.3) is 11.6 Å². The fourth-order valence-corrected chi connectivity index (χ4v) is 8.30. The third-order valence-electron chi connectivity index (χ3n) is 10.6. The number of carbonyl (C=O) groups is 3. The van der Waals surface area contributed by atoms with Gasteiger partial charge in [0.15, 0.2) is 5.60 Å². The van der Waals surface area contributed by atoms with Crippen molar-refractivity contribution in [3.63, 3.8) is 0 Å². The van der Waals surface area contributed by atoms with Crippen LogP contribution in [-0.2, 0) is 24.7 Å². The minimum Gasteiger partial charge on any atom is -0.497 e. The van der Waals surface area contributed by atoms with Crippen molar-refractivity contribution in [2.24, 2.45) is 23.7 Å². The first-order valence-corrected chi connectivity index (χ1v) is 17.9. The second-order valence-corrected chi connectivity index (χ2v) is 13.5. The summed E-state index contributed by atoms with van der Waals surface area (Å²) >= 11 is 0. The average Bonchev–Trinajstić information content (AvgIpc) is 3.84. The Hall–Kier alpha value is -6.45. The van der Waals surface area contributed by atoms with Crippen LogP contribution >= 0.6 is 0 Å². The van der Waals surface area contributed by atoms with E-state index < -0.39 is 35.2 Å². The van der Waals surface area contributed by atoms with Crippen molar-refractivity contribution in [1.82, 2.24) is 14.9 Å². The van der Waals surface area contributed by atoms with E-state index in [1.165, 1.54) is 11.0 Å². The van der Waals surface area contributed by atoms with Gasteiger partial charge in [0.1, 0.15) is 12.4 Å². The SMILES string of the molecule is COc1ccc(/C=C/C(=O)OCCN2C(=O)[C@@H]3[C@@H]4C(C(O)(c5ccccc5)c5ccccn5)=C[C@@H](C4=C(c4ccccc4)c4ccccn4)[C@@H]3C2=O)cc1. The minimum atomic E-state index is -1.72. The van der Waals surface area contributed by atoms with Gasteiger partial charge < -0.3 is 14.6 Å². The number of amides is 2. The highest BCUT2D eigenvalue weighted by atomic mass is 16.5. The first-order valence-electron chi connectivity index (χ1n) is 17.9. The van der Waals surface area contributed by atoms with Crippen molar-refractivity contribution in [2.75, 3.05) is 20.3 Å². The molecule has 3 aromatic carbocycles. The number of fused-ring (bicyclic) bond motifs is 5. The maximum atomic E-state index is 14.6. The largest absolute Gasteiger partial charge is 0.497 e. The van der Waals surface area contributed by atoms with Gasteiger partial charge in [-0.2, -0.15) is 0 Å². The summed E-state index contributed by atoms with van der Waals surface area (Å²) < 4.78 is 10.6. The summed E-state index contributed by atoms with van der Waals surface area (Å²) in [4.78, 5) is 52.2. The Bertz CT molecular complexity index is 2190. The zero-order valence-electron chi connectivity index (χ0n) is 29.5. The molecule has 2 aromatic heterocycles. The maximum Gasteiger partial charge on any atom is 0.330 e. The van der Waals surface area contributed by atoms with E-state index in [0.29, 0.717) is 28.3 Å². The molecule has 268 valence electrons. The number of methoxy groups -OCH3 is 1. The summed E-state index contributed by atoms with van der Waals surface area (Å²) in [6, 6.07) is 37.4. The maximum absolute atomic E-state index is 14.6. The zero-order chi connectivity index (χ0) is 37.2. The molecule has 1 saturated carbocycles. The lowest BCUT2D eigenvalue weighted by molar-refractivity contribution is -0.145. The van der Waals surface area contributed by atoms with Crippen LogP contribution in [0.1, 0.15) is 28.1 Å². The lowest BCUT2D eigenvalue weighted by Gasteiger charge is -2.36. The van der Waals surface area contributed by atoms with Crippen LogP contribution in [0.2, 0.25) is 0 Å². The molecule has 5 aromatic rings. The molecule has 5 atom stereocenters. The molecule has 3 aliphatic rings. The number of hydrogen-bond acceptors (Lipinski definition) is 8. The number of benzene rings is 3. The summed E-state index contributed by atoms with van der Waals surface area (Å²) in [7, 11) is 1.58. The Labute approximate surface area is 312 Å². The summed E-state index contributed by atoms with van der Waals surface area (Å²) in [5.41, 5.74) is 3.96. The molecule has 1 N–H and O–H groups in total. The standard InChI is InChI=1S/C45H37N3O6/c1-53-32-21-18-29(19-22-32)20-23-37(49)54-27-26-48-43(50)40-33-28-34(45(52,31-14-6-3-7-15-31)36-17-9-11-25-47-36)41(42(40)44(48)51)39(33)38(30-12-4-2-5-13-30)35-16-8-10-24-46-35/h2-25,28,33,40-42,52H,26-27H2,1H3/b23-20+,39-38?/t33-,40-,41+,42-,45?/m0/s1. The second-order valence-electron chi connectivity index (χ2n) is 13.5. The number of nitrogens with zero attached hydrogens (tertiary/aromatic N) is 3. The molecule has 54 heavy (non-hydrogen) atoms. The van der Waals surface area contributed by atoms with Crippen LogP contribution < -0.4 is 4.74 Å². The van der Waals surface area contributed by atoms with Gasteiger partial charge in [-0.05, 0) is 70.3 Å². The molecule has 9 heteroatoms. The average molecular weight is 716 g/mol. The summed E-state index contributed by atoms with van der Waals surface area (Å²) in [5, 5.41) is 13.1. The van der Waals surface area contributed by atoms with Gasteiger partial charge >= 0.3 is 5.97 Å². The van der Waals surface area contributed by atoms with Crippen molar-refractivity contribution in [3.05, 3.63) is 185 Å². The van der Waals surface area contributed by atoms with Crippen LogP contribution in [0.15, 0.2) is 157 Å². The highest BCUT2D eigenvalue weighted by Crippen LogP contribution is 2.64. The zero-order valence-corrected chi connectivity index (χ0v) is 29.5. The number of hydrogen-bond donors (Lipinski definition) is 1. The minimum absolute atomic E-state index is 0.0877. The molecule has 2 aliphatic carbocycles. The Morgan fingerprint density at radius 3 is 2.15 bits per heavy atom. The van der Waals surface area contributed by atoms with Crippen molar-refractivity contribution in [1.29, 1.82) is 0 Å². The quantitative estimate of drug-likeness (QED) is 0.0737. The van der Waals surface area contributed by atoms with Gasteiger partial charge in [-0.15, -0.1) is 0 Å². The molecule has 2 fully saturated rings. The van der Waals surface area contributed by atoms with Gasteiger partial charge in [0, 0.05) is 35.9 Å². The number of esters is 1. The van der Waals surface area contributed by atoms with Crippen LogP contribution in [-0.4, -0.2) is 58.0 Å². The molecule has 2 amide bonds. The van der Waals surface area contributed by atoms with E-state index in [9.17, 15) is 19.5 Å². The Morgan fingerprint density at radius 2 is 1.48 bits per heavy atom. The molecule has 0 radical (unpaired) electrons. The van der Waals surface area contributed by atoms with E-state index >= 15 is 0 Å². The number of aliphatic hydroxyl groups is 1. The lowest BCUT2D eigenvalue weighted by Crippen LogP contribution is -2.39. The number of ether oxygens (including phenoxy) is 2. The molecule has 8 rings (SSSR count). The van der Waals surface area contributed by atoms with Gasteiger partial charge in [0.2, 0.25) is 11.8 Å². The van der Waals surface area contributed by atoms with Crippen molar-refractivity contribution in [3.8, 4) is 5.75 Å². The molecular weight excluding hydrogens is 679 g/mol. The van der Waals surface area contributed by atoms with Crippen LogP contribution in [0.3, 0.4) is 0 Å². The molecular formula is C45H37N3O6. The van der Waals surface area contributed by atoms with E-state index in [1.54, 1.807) is 49.8 Å². The third-order valence-corrected chi connectivity index (χ3v) is 10.6. The normalized spacial score (nSPS) is 22.2. The Kier molecular flexibility index (Phi) is 9.31. The summed E-state index contributed by atoms with van der Waals surface area (Å²) in [5.74, 6) is -3.29. The highest BCUT2D eigenvalue weighted by molar-refractivity contribution is 6.08. The topological polar surface area (TPSA) is 119 Å². The van der Waals surface area contributed by atoms with Crippen molar-refractivity contribution in [2.45, 2.75) is 5.60 Å². The number of carbonyl (C=O) groups excluding carboxylic acids is 3. The highest BCUT2D eigenvalue weighted by Gasteiger charge is 2.66. The monoisotopic (exact) mass is 715 g/mol. The molecule has 1 unspecified atom stereocenters. The second kappa shape index (κ2) is 14.5. The van der Waals surface area contributed by atoms with Crippen LogP contribution in [0.4, 0.5) is 0 Å². The number of rotatable bonds is 11. The van der Waals surface area contributed by atoms with Crippen LogP contribution in [0, 0.1) is 23.7 Å². The van der Waals surface area contributed by atoms with E-state index in [1.807, 2.05) is 103 Å². The molecule has 0 spiro atoms. The molecule has 9 nitrogen and oxygen atoms in total.